The zero-order chi connectivity index (χ0) is 11.8. The summed E-state index contributed by atoms with van der Waals surface area (Å²) in [5.74, 6) is -1.00. The normalized spacial score (nSPS) is 12.3. The Morgan fingerprint density at radius 3 is 2.40 bits per heavy atom. The molecule has 0 aromatic carbocycles. The SMILES string of the molecule is CCCC[C@H](NC(=O)NN(C)C)C(=O)O. The number of carboxylic acids is 1. The van der Waals surface area contributed by atoms with E-state index in [9.17, 15) is 9.59 Å². The fourth-order valence-corrected chi connectivity index (χ4v) is 1.06. The van der Waals surface area contributed by atoms with Gasteiger partial charge in [-0.15, -0.1) is 0 Å². The lowest BCUT2D eigenvalue weighted by molar-refractivity contribution is -0.139. The minimum Gasteiger partial charge on any atom is -0.480 e. The van der Waals surface area contributed by atoms with Crippen molar-refractivity contribution in [3.63, 3.8) is 0 Å². The molecule has 0 aliphatic carbocycles. The summed E-state index contributed by atoms with van der Waals surface area (Å²) in [5.41, 5.74) is 2.42. The first-order chi connectivity index (χ1) is 6.97. The van der Waals surface area contributed by atoms with Gasteiger partial charge in [0, 0.05) is 14.1 Å². The lowest BCUT2D eigenvalue weighted by Crippen LogP contribution is -2.49. The van der Waals surface area contributed by atoms with E-state index in [0.29, 0.717) is 6.42 Å². The molecular weight excluding hydrogens is 198 g/mol. The second-order valence-corrected chi connectivity index (χ2v) is 3.51. The largest absolute Gasteiger partial charge is 0.480 e. The zero-order valence-electron chi connectivity index (χ0n) is 9.41. The molecule has 88 valence electrons. The van der Waals surface area contributed by atoms with Crippen LogP contribution in [0.5, 0.6) is 0 Å². The summed E-state index contributed by atoms with van der Waals surface area (Å²) in [5, 5.41) is 12.7. The summed E-state index contributed by atoms with van der Waals surface area (Å²) in [6, 6.07) is -1.31. The smallest absolute Gasteiger partial charge is 0.330 e. The molecule has 2 amide bonds. The molecular formula is C9H19N3O3. The van der Waals surface area contributed by atoms with Crippen molar-refractivity contribution in [3.05, 3.63) is 0 Å². The van der Waals surface area contributed by atoms with Crippen molar-refractivity contribution >= 4 is 12.0 Å². The summed E-state index contributed by atoms with van der Waals surface area (Å²) in [6.07, 6.45) is 2.13. The number of unbranched alkanes of at least 4 members (excludes halogenated alkanes) is 1. The number of carboxylic acid groups (broad SMARTS) is 1. The number of urea groups is 1. The molecule has 3 N–H and O–H groups in total. The van der Waals surface area contributed by atoms with Crippen molar-refractivity contribution in [2.75, 3.05) is 14.1 Å². The van der Waals surface area contributed by atoms with Crippen molar-refractivity contribution in [1.82, 2.24) is 15.8 Å². The average Bonchev–Trinajstić information content (AvgIpc) is 2.10. The second-order valence-electron chi connectivity index (χ2n) is 3.51. The van der Waals surface area contributed by atoms with Gasteiger partial charge in [0.2, 0.25) is 0 Å². The van der Waals surface area contributed by atoms with Crippen LogP contribution in [-0.2, 0) is 4.79 Å². The van der Waals surface area contributed by atoms with Gasteiger partial charge in [0.15, 0.2) is 0 Å². The van der Waals surface area contributed by atoms with Crippen molar-refractivity contribution in [3.8, 4) is 0 Å². The lowest BCUT2D eigenvalue weighted by atomic mass is 10.1. The van der Waals surface area contributed by atoms with Crippen LogP contribution >= 0.6 is 0 Å². The molecule has 0 fully saturated rings. The van der Waals surface area contributed by atoms with E-state index in [1.165, 1.54) is 5.01 Å². The summed E-state index contributed by atoms with van der Waals surface area (Å²) < 4.78 is 0. The monoisotopic (exact) mass is 217 g/mol. The Morgan fingerprint density at radius 2 is 2.00 bits per heavy atom. The van der Waals surface area contributed by atoms with E-state index < -0.39 is 18.0 Å². The first-order valence-corrected chi connectivity index (χ1v) is 4.94. The molecule has 0 bridgehead atoms. The molecule has 0 aromatic heterocycles. The van der Waals surface area contributed by atoms with Crippen molar-refractivity contribution in [1.29, 1.82) is 0 Å². The van der Waals surface area contributed by atoms with Gasteiger partial charge in [0.1, 0.15) is 6.04 Å². The van der Waals surface area contributed by atoms with Crippen LogP contribution in [0.1, 0.15) is 26.2 Å². The molecule has 0 saturated heterocycles. The minimum atomic E-state index is -1.00. The van der Waals surface area contributed by atoms with Gasteiger partial charge in [-0.3, -0.25) is 5.43 Å². The number of nitrogens with zero attached hydrogens (tertiary/aromatic N) is 1. The molecule has 15 heavy (non-hydrogen) atoms. The highest BCUT2D eigenvalue weighted by atomic mass is 16.4. The highest BCUT2D eigenvalue weighted by Crippen LogP contribution is 2.00. The van der Waals surface area contributed by atoms with Crippen LogP contribution in [0.15, 0.2) is 0 Å². The van der Waals surface area contributed by atoms with Crippen molar-refractivity contribution < 1.29 is 14.7 Å². The predicted octanol–water partition coefficient (Wildman–Crippen LogP) is 0.406. The van der Waals surface area contributed by atoms with Crippen LogP contribution in [0.4, 0.5) is 4.79 Å². The second kappa shape index (κ2) is 7.05. The molecule has 1 atom stereocenters. The maximum Gasteiger partial charge on any atom is 0.330 e. The highest BCUT2D eigenvalue weighted by Gasteiger charge is 2.18. The molecule has 0 unspecified atom stereocenters. The van der Waals surface area contributed by atoms with Crippen molar-refractivity contribution in [2.45, 2.75) is 32.2 Å². The summed E-state index contributed by atoms with van der Waals surface area (Å²) in [4.78, 5) is 22.0. The Labute approximate surface area is 89.6 Å². The lowest BCUT2D eigenvalue weighted by Gasteiger charge is -2.17. The predicted molar refractivity (Wildman–Crippen MR) is 56.3 cm³/mol. The third kappa shape index (κ3) is 6.73. The van der Waals surface area contributed by atoms with E-state index in [-0.39, 0.29) is 0 Å². The van der Waals surface area contributed by atoms with Gasteiger partial charge < -0.3 is 10.4 Å². The molecule has 0 heterocycles. The van der Waals surface area contributed by atoms with Gasteiger partial charge in [0.05, 0.1) is 0 Å². The molecule has 0 radical (unpaired) electrons. The first-order valence-electron chi connectivity index (χ1n) is 4.94. The van der Waals surface area contributed by atoms with Crippen LogP contribution in [-0.4, -0.2) is 42.3 Å². The van der Waals surface area contributed by atoms with Crippen LogP contribution in [0.3, 0.4) is 0 Å². The number of carbonyl (C=O) groups excluding carboxylic acids is 1. The Hall–Kier alpha value is -1.30. The van der Waals surface area contributed by atoms with E-state index in [1.54, 1.807) is 14.1 Å². The number of hydrogen-bond donors (Lipinski definition) is 3. The van der Waals surface area contributed by atoms with E-state index >= 15 is 0 Å². The minimum absolute atomic E-state index is 0.451. The number of rotatable bonds is 6. The fraction of sp³-hybridized carbons (Fsp3) is 0.778. The summed E-state index contributed by atoms with van der Waals surface area (Å²) in [7, 11) is 3.31. The third-order valence-corrected chi connectivity index (χ3v) is 1.77. The van der Waals surface area contributed by atoms with Crippen LogP contribution in [0.25, 0.3) is 0 Å². The Bertz CT molecular complexity index is 219. The molecule has 0 aromatic rings. The first kappa shape index (κ1) is 13.7. The van der Waals surface area contributed by atoms with Gasteiger partial charge in [0.25, 0.3) is 0 Å². The van der Waals surface area contributed by atoms with Gasteiger partial charge >= 0.3 is 12.0 Å². The van der Waals surface area contributed by atoms with Crippen LogP contribution in [0.2, 0.25) is 0 Å². The van der Waals surface area contributed by atoms with E-state index in [2.05, 4.69) is 10.7 Å². The number of carbonyl (C=O) groups is 2. The molecule has 0 spiro atoms. The molecule has 6 nitrogen and oxygen atoms in total. The number of hydrazine groups is 1. The van der Waals surface area contributed by atoms with Crippen LogP contribution in [0, 0.1) is 0 Å². The number of amides is 2. The molecule has 0 saturated carbocycles. The molecule has 0 aliphatic heterocycles. The Balaban J connectivity index is 4.04. The number of aliphatic carboxylic acids is 1. The highest BCUT2D eigenvalue weighted by molar-refractivity contribution is 5.82. The van der Waals surface area contributed by atoms with Gasteiger partial charge in [-0.05, 0) is 6.42 Å². The average molecular weight is 217 g/mol. The van der Waals surface area contributed by atoms with E-state index in [1.807, 2.05) is 6.92 Å². The topological polar surface area (TPSA) is 81.7 Å². The van der Waals surface area contributed by atoms with Gasteiger partial charge in [-0.2, -0.15) is 0 Å². The summed E-state index contributed by atoms with van der Waals surface area (Å²) in [6.45, 7) is 1.97. The van der Waals surface area contributed by atoms with E-state index in [4.69, 9.17) is 5.11 Å². The van der Waals surface area contributed by atoms with Crippen molar-refractivity contribution in [2.24, 2.45) is 0 Å². The molecule has 6 heteroatoms. The van der Waals surface area contributed by atoms with Gasteiger partial charge in [-0.1, -0.05) is 19.8 Å². The van der Waals surface area contributed by atoms with Gasteiger partial charge in [-0.25, -0.2) is 14.6 Å². The maximum absolute atomic E-state index is 11.2. The van der Waals surface area contributed by atoms with E-state index in [0.717, 1.165) is 12.8 Å². The maximum atomic E-state index is 11.2. The quantitative estimate of drug-likeness (QED) is 0.563. The molecule has 0 aliphatic rings. The molecule has 0 rings (SSSR count). The number of hydrogen-bond acceptors (Lipinski definition) is 3. The number of nitrogens with one attached hydrogen (secondary N) is 2. The fourth-order valence-electron chi connectivity index (χ4n) is 1.06. The standard InChI is InChI=1S/C9H19N3O3/c1-4-5-6-7(8(13)14)10-9(15)11-12(2)3/h7H,4-6H2,1-3H3,(H,13,14)(H2,10,11,15)/t7-/m0/s1. The third-order valence-electron chi connectivity index (χ3n) is 1.77. The Kier molecular flexibility index (Phi) is 6.44. The summed E-state index contributed by atoms with van der Waals surface area (Å²) >= 11 is 0. The zero-order valence-corrected chi connectivity index (χ0v) is 9.41. The van der Waals surface area contributed by atoms with Crippen LogP contribution < -0.4 is 10.7 Å². The Morgan fingerprint density at radius 1 is 1.40 bits per heavy atom.